The summed E-state index contributed by atoms with van der Waals surface area (Å²) >= 11 is 7.69. The molecule has 0 aliphatic rings. The number of hydrogen-bond donors (Lipinski definition) is 1. The van der Waals surface area contributed by atoms with Gasteiger partial charge in [0.15, 0.2) is 5.16 Å². The summed E-state index contributed by atoms with van der Waals surface area (Å²) in [5.41, 5.74) is 6.83. The van der Waals surface area contributed by atoms with Crippen LogP contribution in [0.4, 0.5) is 0 Å². The second kappa shape index (κ2) is 5.08. The normalized spacial score (nSPS) is 12.7. The molecule has 6 heteroatoms. The second-order valence-electron chi connectivity index (χ2n) is 3.75. The van der Waals surface area contributed by atoms with E-state index in [0.29, 0.717) is 5.02 Å². The zero-order chi connectivity index (χ0) is 12.4. The van der Waals surface area contributed by atoms with E-state index in [4.69, 9.17) is 17.3 Å². The van der Waals surface area contributed by atoms with E-state index in [9.17, 15) is 0 Å². The Morgan fingerprint density at radius 3 is 2.76 bits per heavy atom. The highest BCUT2D eigenvalue weighted by Crippen LogP contribution is 2.33. The largest absolute Gasteiger partial charge is 0.324 e. The number of halogens is 1. The fraction of sp³-hybridized carbons (Fsp3) is 0.273. The van der Waals surface area contributed by atoms with Crippen molar-refractivity contribution in [1.29, 1.82) is 0 Å². The molecule has 0 fully saturated rings. The van der Waals surface area contributed by atoms with Crippen LogP contribution in [0.2, 0.25) is 5.02 Å². The van der Waals surface area contributed by atoms with Crippen molar-refractivity contribution in [2.75, 3.05) is 0 Å². The number of aromatic nitrogens is 3. The molecule has 0 amide bonds. The first-order valence-electron chi connectivity index (χ1n) is 5.15. The molecule has 90 valence electrons. The molecule has 0 saturated heterocycles. The molecule has 2 rings (SSSR count). The first-order valence-corrected chi connectivity index (χ1v) is 6.34. The Hall–Kier alpha value is -1.04. The highest BCUT2D eigenvalue weighted by atomic mass is 35.5. The third-order valence-electron chi connectivity index (χ3n) is 2.35. The summed E-state index contributed by atoms with van der Waals surface area (Å²) < 4.78 is 1.71. The quantitative estimate of drug-likeness (QED) is 0.930. The lowest BCUT2D eigenvalue weighted by Gasteiger charge is -2.08. The zero-order valence-electron chi connectivity index (χ0n) is 9.59. The van der Waals surface area contributed by atoms with Gasteiger partial charge in [-0.15, -0.1) is 0 Å². The fourth-order valence-corrected chi connectivity index (χ4v) is 2.43. The van der Waals surface area contributed by atoms with Crippen molar-refractivity contribution >= 4 is 23.4 Å². The van der Waals surface area contributed by atoms with Crippen molar-refractivity contribution in [2.24, 2.45) is 12.8 Å². The molecule has 1 aromatic heterocycles. The van der Waals surface area contributed by atoms with Crippen LogP contribution in [0.25, 0.3) is 0 Å². The number of aryl methyl sites for hydroxylation is 1. The van der Waals surface area contributed by atoms with Crippen LogP contribution < -0.4 is 5.73 Å². The van der Waals surface area contributed by atoms with Crippen LogP contribution >= 0.6 is 23.4 Å². The van der Waals surface area contributed by atoms with E-state index in [0.717, 1.165) is 15.6 Å². The number of hydrogen-bond acceptors (Lipinski definition) is 4. The Labute approximate surface area is 109 Å². The van der Waals surface area contributed by atoms with Crippen LogP contribution in [0.15, 0.2) is 34.6 Å². The van der Waals surface area contributed by atoms with Crippen LogP contribution in [-0.4, -0.2) is 14.8 Å². The highest BCUT2D eigenvalue weighted by Gasteiger charge is 2.09. The van der Waals surface area contributed by atoms with Crippen molar-refractivity contribution in [3.05, 3.63) is 35.1 Å². The van der Waals surface area contributed by atoms with E-state index < -0.39 is 0 Å². The SMILES string of the molecule is C[C@H](N)c1ccc(Sc2ncnn2C)c(Cl)c1. The number of nitrogens with zero attached hydrogens (tertiary/aromatic N) is 3. The average molecular weight is 269 g/mol. The molecule has 1 heterocycles. The maximum absolute atomic E-state index is 6.21. The van der Waals surface area contributed by atoms with Crippen molar-refractivity contribution < 1.29 is 0 Å². The van der Waals surface area contributed by atoms with Crippen molar-refractivity contribution in [3.63, 3.8) is 0 Å². The van der Waals surface area contributed by atoms with Gasteiger partial charge in [0.25, 0.3) is 0 Å². The summed E-state index contributed by atoms with van der Waals surface area (Å²) in [6.07, 6.45) is 1.52. The molecule has 0 bridgehead atoms. The van der Waals surface area contributed by atoms with Gasteiger partial charge in [-0.2, -0.15) is 5.10 Å². The molecule has 2 aromatic rings. The summed E-state index contributed by atoms with van der Waals surface area (Å²) in [6, 6.07) is 5.82. The van der Waals surface area contributed by atoms with Gasteiger partial charge in [0.1, 0.15) is 6.33 Å². The first kappa shape index (κ1) is 12.4. The topological polar surface area (TPSA) is 56.7 Å². The van der Waals surface area contributed by atoms with Gasteiger partial charge in [-0.25, -0.2) is 9.67 Å². The molecule has 0 aliphatic carbocycles. The van der Waals surface area contributed by atoms with Crippen molar-refractivity contribution in [2.45, 2.75) is 23.0 Å². The summed E-state index contributed by atoms with van der Waals surface area (Å²) in [7, 11) is 1.85. The van der Waals surface area contributed by atoms with Gasteiger partial charge in [-0.05, 0) is 36.4 Å². The van der Waals surface area contributed by atoms with E-state index in [-0.39, 0.29) is 6.04 Å². The van der Waals surface area contributed by atoms with E-state index in [1.54, 1.807) is 4.68 Å². The fourth-order valence-electron chi connectivity index (χ4n) is 1.36. The minimum Gasteiger partial charge on any atom is -0.324 e. The molecule has 0 radical (unpaired) electrons. The second-order valence-corrected chi connectivity index (χ2v) is 5.16. The Bertz CT molecular complexity index is 524. The zero-order valence-corrected chi connectivity index (χ0v) is 11.2. The molecule has 1 aromatic carbocycles. The van der Waals surface area contributed by atoms with Crippen LogP contribution in [0.3, 0.4) is 0 Å². The third-order valence-corrected chi connectivity index (χ3v) is 3.91. The summed E-state index contributed by atoms with van der Waals surface area (Å²) in [4.78, 5) is 5.09. The van der Waals surface area contributed by atoms with Gasteiger partial charge in [0.2, 0.25) is 0 Å². The van der Waals surface area contributed by atoms with Gasteiger partial charge < -0.3 is 5.73 Å². The predicted molar refractivity (Wildman–Crippen MR) is 69.2 cm³/mol. The Kier molecular flexibility index (Phi) is 3.71. The lowest BCUT2D eigenvalue weighted by Crippen LogP contribution is -2.04. The van der Waals surface area contributed by atoms with Gasteiger partial charge in [-0.3, -0.25) is 0 Å². The van der Waals surface area contributed by atoms with Crippen LogP contribution in [0.5, 0.6) is 0 Å². The summed E-state index contributed by atoms with van der Waals surface area (Å²) in [6.45, 7) is 1.93. The van der Waals surface area contributed by atoms with E-state index in [1.807, 2.05) is 32.2 Å². The molecule has 0 spiro atoms. The maximum Gasteiger partial charge on any atom is 0.190 e. The monoisotopic (exact) mass is 268 g/mol. The highest BCUT2D eigenvalue weighted by molar-refractivity contribution is 7.99. The Balaban J connectivity index is 2.26. The van der Waals surface area contributed by atoms with Gasteiger partial charge in [-0.1, -0.05) is 17.7 Å². The minimum absolute atomic E-state index is 0.0126. The molecule has 1 atom stereocenters. The number of rotatable bonds is 3. The summed E-state index contributed by atoms with van der Waals surface area (Å²) in [5, 5.41) is 5.50. The maximum atomic E-state index is 6.21. The van der Waals surface area contributed by atoms with Crippen LogP contribution in [0, 0.1) is 0 Å². The molecule has 0 saturated carbocycles. The van der Waals surface area contributed by atoms with E-state index >= 15 is 0 Å². The van der Waals surface area contributed by atoms with E-state index in [1.165, 1.54) is 18.1 Å². The average Bonchev–Trinajstić information content (AvgIpc) is 2.67. The Morgan fingerprint density at radius 1 is 1.47 bits per heavy atom. The molecular weight excluding hydrogens is 256 g/mol. The van der Waals surface area contributed by atoms with Crippen molar-refractivity contribution in [3.8, 4) is 0 Å². The number of nitrogens with two attached hydrogens (primary N) is 1. The third kappa shape index (κ3) is 2.80. The van der Waals surface area contributed by atoms with Crippen LogP contribution in [0.1, 0.15) is 18.5 Å². The van der Waals surface area contributed by atoms with Gasteiger partial charge in [0.05, 0.1) is 5.02 Å². The molecule has 0 unspecified atom stereocenters. The van der Waals surface area contributed by atoms with Crippen molar-refractivity contribution in [1.82, 2.24) is 14.8 Å². The predicted octanol–water partition coefficient (Wildman–Crippen LogP) is 2.64. The molecule has 2 N–H and O–H groups in total. The smallest absolute Gasteiger partial charge is 0.190 e. The van der Waals surface area contributed by atoms with Gasteiger partial charge in [0, 0.05) is 18.0 Å². The first-order chi connectivity index (χ1) is 8.08. The molecule has 17 heavy (non-hydrogen) atoms. The molecular formula is C11H13ClN4S. The van der Waals surface area contributed by atoms with E-state index in [2.05, 4.69) is 10.1 Å². The molecule has 4 nitrogen and oxygen atoms in total. The summed E-state index contributed by atoms with van der Waals surface area (Å²) in [5.74, 6) is 0. The lowest BCUT2D eigenvalue weighted by molar-refractivity contribution is 0.685. The minimum atomic E-state index is -0.0126. The number of benzene rings is 1. The van der Waals surface area contributed by atoms with Gasteiger partial charge >= 0.3 is 0 Å². The lowest BCUT2D eigenvalue weighted by atomic mass is 10.1. The Morgan fingerprint density at radius 2 is 2.24 bits per heavy atom. The standard InChI is InChI=1S/C11H13ClN4S/c1-7(13)8-3-4-10(9(12)5-8)17-11-14-6-15-16(11)2/h3-7H,13H2,1-2H3/t7-/m0/s1. The van der Waals surface area contributed by atoms with Crippen LogP contribution in [-0.2, 0) is 7.05 Å². The molecule has 0 aliphatic heterocycles.